The lowest BCUT2D eigenvalue weighted by atomic mass is 10.2. The van der Waals surface area contributed by atoms with E-state index in [2.05, 4.69) is 5.32 Å². The third kappa shape index (κ3) is 3.63. The van der Waals surface area contributed by atoms with E-state index in [4.69, 9.17) is 9.47 Å². The summed E-state index contributed by atoms with van der Waals surface area (Å²) in [6.07, 6.45) is 0. The van der Waals surface area contributed by atoms with Gasteiger partial charge in [-0.15, -0.1) is 0 Å². The molecule has 0 aromatic heterocycles. The van der Waals surface area contributed by atoms with Crippen LogP contribution < -0.4 is 14.8 Å². The average molecular weight is 278 g/mol. The van der Waals surface area contributed by atoms with Gasteiger partial charge >= 0.3 is 0 Å². The number of rotatable bonds is 6. The van der Waals surface area contributed by atoms with Crippen molar-refractivity contribution in [2.45, 2.75) is 20.4 Å². The Hall–Kier alpha value is -1.75. The predicted molar refractivity (Wildman–Crippen MR) is 77.1 cm³/mol. The van der Waals surface area contributed by atoms with E-state index in [1.807, 2.05) is 36.9 Å². The Bertz CT molecular complexity index is 458. The molecule has 5 nitrogen and oxygen atoms in total. The van der Waals surface area contributed by atoms with Crippen LogP contribution in [0, 0.1) is 0 Å². The first-order chi connectivity index (χ1) is 9.74. The molecule has 0 atom stereocenters. The van der Waals surface area contributed by atoms with Crippen LogP contribution in [0.5, 0.6) is 11.5 Å². The van der Waals surface area contributed by atoms with Gasteiger partial charge in [-0.3, -0.25) is 4.79 Å². The van der Waals surface area contributed by atoms with Crippen LogP contribution in [0.1, 0.15) is 19.4 Å². The summed E-state index contributed by atoms with van der Waals surface area (Å²) in [5, 5.41) is 3.17. The van der Waals surface area contributed by atoms with E-state index in [1.165, 1.54) is 0 Å². The van der Waals surface area contributed by atoms with Crippen LogP contribution in [-0.4, -0.2) is 43.7 Å². The number of benzene rings is 1. The SMILES string of the molecule is CCN(CC)C(=O)CNCc1ccc2c(c1)OCCO2. The summed E-state index contributed by atoms with van der Waals surface area (Å²) in [5.41, 5.74) is 1.08. The summed E-state index contributed by atoms with van der Waals surface area (Å²) in [5.74, 6) is 1.71. The van der Waals surface area contributed by atoms with Gasteiger partial charge in [-0.2, -0.15) is 0 Å². The normalized spacial score (nSPS) is 13.1. The molecule has 0 saturated heterocycles. The lowest BCUT2D eigenvalue weighted by molar-refractivity contribution is -0.129. The molecule has 0 spiro atoms. The Morgan fingerprint density at radius 1 is 1.20 bits per heavy atom. The monoisotopic (exact) mass is 278 g/mol. The highest BCUT2D eigenvalue weighted by atomic mass is 16.6. The van der Waals surface area contributed by atoms with Crippen LogP contribution in [-0.2, 0) is 11.3 Å². The molecule has 1 aliphatic heterocycles. The van der Waals surface area contributed by atoms with Crippen molar-refractivity contribution in [3.8, 4) is 11.5 Å². The van der Waals surface area contributed by atoms with Crippen molar-refractivity contribution in [3.05, 3.63) is 23.8 Å². The molecule has 0 radical (unpaired) electrons. The number of carbonyl (C=O) groups excluding carboxylic acids is 1. The van der Waals surface area contributed by atoms with Crippen LogP contribution >= 0.6 is 0 Å². The second-order valence-corrected chi connectivity index (χ2v) is 4.65. The molecule has 1 heterocycles. The van der Waals surface area contributed by atoms with Crippen molar-refractivity contribution in [2.24, 2.45) is 0 Å². The van der Waals surface area contributed by atoms with E-state index in [0.29, 0.717) is 26.3 Å². The van der Waals surface area contributed by atoms with E-state index >= 15 is 0 Å². The second kappa shape index (κ2) is 7.14. The highest BCUT2D eigenvalue weighted by molar-refractivity contribution is 5.78. The summed E-state index contributed by atoms with van der Waals surface area (Å²) in [4.78, 5) is 13.7. The molecular formula is C15H22N2O3. The van der Waals surface area contributed by atoms with Crippen LogP contribution in [0.3, 0.4) is 0 Å². The third-order valence-corrected chi connectivity index (χ3v) is 3.33. The standard InChI is InChI=1S/C15H22N2O3/c1-3-17(4-2)15(18)11-16-10-12-5-6-13-14(9-12)20-8-7-19-13/h5-6,9,16H,3-4,7-8,10-11H2,1-2H3. The lowest BCUT2D eigenvalue weighted by Gasteiger charge is -2.20. The van der Waals surface area contributed by atoms with E-state index in [1.54, 1.807) is 0 Å². The predicted octanol–water partition coefficient (Wildman–Crippen LogP) is 1.42. The molecule has 0 aliphatic carbocycles. The molecule has 1 amide bonds. The first-order valence-corrected chi connectivity index (χ1v) is 7.11. The van der Waals surface area contributed by atoms with Gasteiger partial charge in [-0.05, 0) is 31.5 Å². The van der Waals surface area contributed by atoms with Gasteiger partial charge in [0.2, 0.25) is 5.91 Å². The molecule has 1 aliphatic rings. The van der Waals surface area contributed by atoms with Gasteiger partial charge in [0.25, 0.3) is 0 Å². The van der Waals surface area contributed by atoms with Gasteiger partial charge in [0.05, 0.1) is 6.54 Å². The van der Waals surface area contributed by atoms with Crippen LogP contribution in [0.2, 0.25) is 0 Å². The third-order valence-electron chi connectivity index (χ3n) is 3.33. The van der Waals surface area contributed by atoms with Crippen LogP contribution in [0.25, 0.3) is 0 Å². The summed E-state index contributed by atoms with van der Waals surface area (Å²) in [6.45, 7) is 7.67. The molecule has 5 heteroatoms. The molecule has 110 valence electrons. The zero-order chi connectivity index (χ0) is 14.4. The van der Waals surface area contributed by atoms with Gasteiger partial charge in [0, 0.05) is 19.6 Å². The highest BCUT2D eigenvalue weighted by Crippen LogP contribution is 2.30. The Balaban J connectivity index is 1.84. The van der Waals surface area contributed by atoms with Gasteiger partial charge in [-0.1, -0.05) is 6.07 Å². The van der Waals surface area contributed by atoms with E-state index in [9.17, 15) is 4.79 Å². The highest BCUT2D eigenvalue weighted by Gasteiger charge is 2.12. The number of carbonyl (C=O) groups is 1. The van der Waals surface area contributed by atoms with Crippen molar-refractivity contribution >= 4 is 5.91 Å². The van der Waals surface area contributed by atoms with Gasteiger partial charge < -0.3 is 19.7 Å². The summed E-state index contributed by atoms with van der Waals surface area (Å²) >= 11 is 0. The molecule has 0 bridgehead atoms. The van der Waals surface area contributed by atoms with Crippen LogP contribution in [0.15, 0.2) is 18.2 Å². The minimum Gasteiger partial charge on any atom is -0.486 e. The molecule has 0 unspecified atom stereocenters. The maximum absolute atomic E-state index is 11.8. The Kier molecular flexibility index (Phi) is 5.24. The van der Waals surface area contributed by atoms with E-state index < -0.39 is 0 Å². The fourth-order valence-corrected chi connectivity index (χ4v) is 2.20. The maximum Gasteiger partial charge on any atom is 0.236 e. The van der Waals surface area contributed by atoms with Crippen molar-refractivity contribution < 1.29 is 14.3 Å². The zero-order valence-electron chi connectivity index (χ0n) is 12.1. The molecule has 1 aromatic rings. The van der Waals surface area contributed by atoms with E-state index in [0.717, 1.165) is 30.2 Å². The van der Waals surface area contributed by atoms with Crippen molar-refractivity contribution in [3.63, 3.8) is 0 Å². The first-order valence-electron chi connectivity index (χ1n) is 7.11. The number of nitrogens with one attached hydrogen (secondary N) is 1. The Morgan fingerprint density at radius 2 is 1.90 bits per heavy atom. The van der Waals surface area contributed by atoms with E-state index in [-0.39, 0.29) is 5.91 Å². The molecule has 2 rings (SSSR count). The quantitative estimate of drug-likeness (QED) is 0.855. The number of hydrogen-bond acceptors (Lipinski definition) is 4. The fraction of sp³-hybridized carbons (Fsp3) is 0.533. The van der Waals surface area contributed by atoms with Crippen molar-refractivity contribution in [2.75, 3.05) is 32.8 Å². The lowest BCUT2D eigenvalue weighted by Crippen LogP contribution is -2.37. The first kappa shape index (κ1) is 14.7. The molecule has 0 fully saturated rings. The summed E-state index contributed by atoms with van der Waals surface area (Å²) in [7, 11) is 0. The summed E-state index contributed by atoms with van der Waals surface area (Å²) < 4.78 is 11.0. The topological polar surface area (TPSA) is 50.8 Å². The minimum absolute atomic E-state index is 0.132. The van der Waals surface area contributed by atoms with Gasteiger partial charge in [-0.25, -0.2) is 0 Å². The van der Waals surface area contributed by atoms with Crippen LogP contribution in [0.4, 0.5) is 0 Å². The fourth-order valence-electron chi connectivity index (χ4n) is 2.20. The average Bonchev–Trinajstić information content (AvgIpc) is 2.48. The molecule has 1 aromatic carbocycles. The Morgan fingerprint density at radius 3 is 2.60 bits per heavy atom. The number of amides is 1. The number of nitrogens with zero attached hydrogens (tertiary/aromatic N) is 1. The minimum atomic E-state index is 0.132. The second-order valence-electron chi connectivity index (χ2n) is 4.65. The maximum atomic E-state index is 11.8. The number of likely N-dealkylation sites (N-methyl/N-ethyl adjacent to an activating group) is 1. The molecular weight excluding hydrogens is 256 g/mol. The Labute approximate surface area is 119 Å². The molecule has 0 saturated carbocycles. The largest absolute Gasteiger partial charge is 0.486 e. The zero-order valence-corrected chi connectivity index (χ0v) is 12.1. The number of hydrogen-bond donors (Lipinski definition) is 1. The number of fused-ring (bicyclic) bond motifs is 1. The van der Waals surface area contributed by atoms with Crippen molar-refractivity contribution in [1.82, 2.24) is 10.2 Å². The smallest absolute Gasteiger partial charge is 0.236 e. The number of ether oxygens (including phenoxy) is 2. The van der Waals surface area contributed by atoms with Crippen molar-refractivity contribution in [1.29, 1.82) is 0 Å². The molecule has 1 N–H and O–H groups in total. The molecule has 20 heavy (non-hydrogen) atoms. The van der Waals surface area contributed by atoms with Gasteiger partial charge in [0.15, 0.2) is 11.5 Å². The summed E-state index contributed by atoms with van der Waals surface area (Å²) in [6, 6.07) is 5.86. The van der Waals surface area contributed by atoms with Gasteiger partial charge in [0.1, 0.15) is 13.2 Å².